The molecule has 0 nitrogen and oxygen atoms in total. The van der Waals surface area contributed by atoms with Gasteiger partial charge in [0.1, 0.15) is 0 Å². The van der Waals surface area contributed by atoms with E-state index in [9.17, 15) is 0 Å². The van der Waals surface area contributed by atoms with Crippen molar-refractivity contribution in [3.8, 4) is 11.8 Å². The zero-order chi connectivity index (χ0) is 17.8. The van der Waals surface area contributed by atoms with Crippen LogP contribution in [0, 0.1) is 44.4 Å². The van der Waals surface area contributed by atoms with Crippen molar-refractivity contribution in [2.24, 2.45) is 11.8 Å². The van der Waals surface area contributed by atoms with Crippen LogP contribution in [-0.4, -0.2) is 0 Å². The molecule has 0 heterocycles. The Morgan fingerprint density at radius 2 is 1.36 bits per heavy atom. The highest BCUT2D eigenvalue weighted by Crippen LogP contribution is 2.30. The molecular formula is C25H30. The van der Waals surface area contributed by atoms with Crippen molar-refractivity contribution in [1.29, 1.82) is 0 Å². The first kappa shape index (κ1) is 17.8. The predicted molar refractivity (Wildman–Crippen MR) is 108 cm³/mol. The lowest BCUT2D eigenvalue weighted by atomic mass is 9.80. The molecule has 1 aliphatic rings. The van der Waals surface area contributed by atoms with Crippen molar-refractivity contribution >= 4 is 0 Å². The van der Waals surface area contributed by atoms with E-state index >= 15 is 0 Å². The van der Waals surface area contributed by atoms with Crippen molar-refractivity contribution in [3.63, 3.8) is 0 Å². The van der Waals surface area contributed by atoms with Crippen LogP contribution in [0.2, 0.25) is 0 Å². The number of hydrogen-bond acceptors (Lipinski definition) is 0. The summed E-state index contributed by atoms with van der Waals surface area (Å²) in [6, 6.07) is 13.3. The normalized spacial score (nSPS) is 20.0. The van der Waals surface area contributed by atoms with Crippen molar-refractivity contribution in [1.82, 2.24) is 0 Å². The monoisotopic (exact) mass is 330 g/mol. The van der Waals surface area contributed by atoms with Gasteiger partial charge in [0.25, 0.3) is 0 Å². The quantitative estimate of drug-likeness (QED) is 0.560. The Hall–Kier alpha value is -2.00. The van der Waals surface area contributed by atoms with Gasteiger partial charge in [-0.1, -0.05) is 43.7 Å². The summed E-state index contributed by atoms with van der Waals surface area (Å²) in [7, 11) is 0. The minimum absolute atomic E-state index is 0.881. The zero-order valence-corrected chi connectivity index (χ0v) is 16.2. The van der Waals surface area contributed by atoms with E-state index in [0.717, 1.165) is 23.0 Å². The summed E-state index contributed by atoms with van der Waals surface area (Å²) in [6.45, 7) is 8.89. The summed E-state index contributed by atoms with van der Waals surface area (Å²) >= 11 is 0. The van der Waals surface area contributed by atoms with Gasteiger partial charge in [-0.3, -0.25) is 0 Å². The van der Waals surface area contributed by atoms with E-state index in [1.165, 1.54) is 54.4 Å². The molecule has 2 aromatic rings. The Bertz CT molecular complexity index is 752. The molecule has 0 N–H and O–H groups in total. The molecule has 1 fully saturated rings. The first-order valence-corrected chi connectivity index (χ1v) is 9.70. The SMILES string of the molecule is Cc1cc(C#Cc2ccc(CC3CCC(C)CC3)cc2)cc(C)c1C. The average Bonchev–Trinajstić information content (AvgIpc) is 2.61. The van der Waals surface area contributed by atoms with Gasteiger partial charge in [-0.05, 0) is 98.4 Å². The first-order valence-electron chi connectivity index (χ1n) is 9.70. The van der Waals surface area contributed by atoms with Crippen LogP contribution in [0.25, 0.3) is 0 Å². The van der Waals surface area contributed by atoms with Crippen molar-refractivity contribution in [3.05, 3.63) is 69.8 Å². The van der Waals surface area contributed by atoms with Gasteiger partial charge >= 0.3 is 0 Å². The second kappa shape index (κ2) is 7.92. The standard InChI is InChI=1S/C25H30/c1-18-5-7-23(8-6-18)17-24-12-9-22(10-13-24)11-14-25-15-19(2)21(4)20(3)16-25/h9-10,12-13,15-16,18,23H,5-8,17H2,1-4H3. The highest BCUT2D eigenvalue weighted by molar-refractivity contribution is 5.48. The highest BCUT2D eigenvalue weighted by Gasteiger charge is 2.18. The van der Waals surface area contributed by atoms with Gasteiger partial charge in [-0.15, -0.1) is 0 Å². The summed E-state index contributed by atoms with van der Waals surface area (Å²) in [5, 5.41) is 0. The third-order valence-electron chi connectivity index (χ3n) is 5.89. The maximum atomic E-state index is 3.33. The summed E-state index contributed by atoms with van der Waals surface area (Å²) in [5.74, 6) is 8.46. The molecule has 0 unspecified atom stereocenters. The van der Waals surface area contributed by atoms with Gasteiger partial charge in [-0.25, -0.2) is 0 Å². The minimum Gasteiger partial charge on any atom is -0.0625 e. The van der Waals surface area contributed by atoms with Crippen molar-refractivity contribution in [2.45, 2.75) is 59.8 Å². The van der Waals surface area contributed by atoms with Gasteiger partial charge in [0.15, 0.2) is 0 Å². The van der Waals surface area contributed by atoms with E-state index in [1.54, 1.807) is 0 Å². The van der Waals surface area contributed by atoms with E-state index in [-0.39, 0.29) is 0 Å². The van der Waals surface area contributed by atoms with Crippen LogP contribution in [0.3, 0.4) is 0 Å². The molecule has 0 atom stereocenters. The third kappa shape index (κ3) is 4.76. The lowest BCUT2D eigenvalue weighted by Crippen LogP contribution is -2.14. The molecule has 0 bridgehead atoms. The Morgan fingerprint density at radius 1 is 0.800 bits per heavy atom. The molecule has 0 spiro atoms. The van der Waals surface area contributed by atoms with Crippen LogP contribution >= 0.6 is 0 Å². The molecule has 130 valence electrons. The predicted octanol–water partition coefficient (Wildman–Crippen LogP) is 6.38. The van der Waals surface area contributed by atoms with E-state index in [4.69, 9.17) is 0 Å². The summed E-state index contributed by atoms with van der Waals surface area (Å²) in [6.07, 6.45) is 6.84. The molecule has 0 saturated heterocycles. The van der Waals surface area contributed by atoms with Gasteiger partial charge in [0.05, 0.1) is 0 Å². The number of aryl methyl sites for hydroxylation is 2. The third-order valence-corrected chi connectivity index (χ3v) is 5.89. The van der Waals surface area contributed by atoms with Crippen LogP contribution in [0.1, 0.15) is 66.0 Å². The van der Waals surface area contributed by atoms with Gasteiger partial charge in [0.2, 0.25) is 0 Å². The molecular weight excluding hydrogens is 300 g/mol. The fraction of sp³-hybridized carbons (Fsp3) is 0.440. The average molecular weight is 331 g/mol. The highest BCUT2D eigenvalue weighted by atomic mass is 14.2. The summed E-state index contributed by atoms with van der Waals surface area (Å²) < 4.78 is 0. The molecule has 0 aliphatic heterocycles. The summed E-state index contributed by atoms with van der Waals surface area (Å²) in [5.41, 5.74) is 7.69. The zero-order valence-electron chi connectivity index (χ0n) is 16.2. The smallest absolute Gasteiger partial charge is 0.0254 e. The maximum absolute atomic E-state index is 3.33. The Kier molecular flexibility index (Phi) is 5.64. The molecule has 3 rings (SSSR count). The minimum atomic E-state index is 0.881. The maximum Gasteiger partial charge on any atom is 0.0254 e. The van der Waals surface area contributed by atoms with Gasteiger partial charge in [0, 0.05) is 11.1 Å². The second-order valence-electron chi connectivity index (χ2n) is 8.01. The van der Waals surface area contributed by atoms with Crippen LogP contribution in [-0.2, 0) is 6.42 Å². The Morgan fingerprint density at radius 3 is 1.96 bits per heavy atom. The lowest BCUT2D eigenvalue weighted by molar-refractivity contribution is 0.289. The Labute approximate surface area is 153 Å². The largest absolute Gasteiger partial charge is 0.0625 e. The molecule has 1 saturated carbocycles. The molecule has 2 aromatic carbocycles. The molecule has 0 aromatic heterocycles. The number of benzene rings is 2. The molecule has 0 heteroatoms. The van der Waals surface area contributed by atoms with Crippen LogP contribution in [0.5, 0.6) is 0 Å². The number of hydrogen-bond donors (Lipinski definition) is 0. The summed E-state index contributed by atoms with van der Waals surface area (Å²) in [4.78, 5) is 0. The Balaban J connectivity index is 1.65. The second-order valence-corrected chi connectivity index (χ2v) is 8.01. The van der Waals surface area contributed by atoms with E-state index in [0.29, 0.717) is 0 Å². The van der Waals surface area contributed by atoms with Crippen molar-refractivity contribution < 1.29 is 0 Å². The van der Waals surface area contributed by atoms with E-state index in [2.05, 4.69) is 75.9 Å². The molecule has 0 radical (unpaired) electrons. The van der Waals surface area contributed by atoms with E-state index in [1.807, 2.05) is 0 Å². The lowest BCUT2D eigenvalue weighted by Gasteiger charge is -2.26. The molecule has 1 aliphatic carbocycles. The van der Waals surface area contributed by atoms with Crippen LogP contribution in [0.15, 0.2) is 36.4 Å². The topological polar surface area (TPSA) is 0 Å². The first-order chi connectivity index (χ1) is 12.0. The fourth-order valence-electron chi connectivity index (χ4n) is 3.84. The molecule has 0 amide bonds. The van der Waals surface area contributed by atoms with Gasteiger partial charge in [-0.2, -0.15) is 0 Å². The van der Waals surface area contributed by atoms with Crippen molar-refractivity contribution in [2.75, 3.05) is 0 Å². The fourth-order valence-corrected chi connectivity index (χ4v) is 3.84. The van der Waals surface area contributed by atoms with Crippen LogP contribution < -0.4 is 0 Å². The van der Waals surface area contributed by atoms with Gasteiger partial charge < -0.3 is 0 Å². The molecule has 25 heavy (non-hydrogen) atoms. The van der Waals surface area contributed by atoms with E-state index < -0.39 is 0 Å². The number of rotatable bonds is 2. The van der Waals surface area contributed by atoms with Crippen LogP contribution in [0.4, 0.5) is 0 Å².